The van der Waals surface area contributed by atoms with Crippen LogP contribution in [0.2, 0.25) is 5.02 Å². The third kappa shape index (κ3) is 5.00. The molecule has 1 heterocycles. The highest BCUT2D eigenvalue weighted by molar-refractivity contribution is 6.30. The fourth-order valence-corrected chi connectivity index (χ4v) is 1.52. The summed E-state index contributed by atoms with van der Waals surface area (Å²) in [5.41, 5.74) is 0. The summed E-state index contributed by atoms with van der Waals surface area (Å²) < 4.78 is 10.7. The second-order valence-corrected chi connectivity index (χ2v) is 3.99. The molecule has 3 nitrogen and oxygen atoms in total. The van der Waals surface area contributed by atoms with Gasteiger partial charge in [-0.2, -0.15) is 0 Å². The monoisotopic (exact) mass is 287 g/mol. The van der Waals surface area contributed by atoms with Crippen LogP contribution in [-0.2, 0) is 6.54 Å². The van der Waals surface area contributed by atoms with E-state index in [4.69, 9.17) is 20.8 Å². The molecule has 0 spiro atoms. The summed E-state index contributed by atoms with van der Waals surface area (Å²) in [4.78, 5) is 0. The van der Waals surface area contributed by atoms with Crippen LogP contribution in [0.5, 0.6) is 5.75 Å². The summed E-state index contributed by atoms with van der Waals surface area (Å²) in [7, 11) is 0. The number of furan rings is 1. The number of halogens is 2. The van der Waals surface area contributed by atoms with E-state index in [-0.39, 0.29) is 12.4 Å². The molecule has 1 N–H and O–H groups in total. The van der Waals surface area contributed by atoms with Crippen LogP contribution in [0.25, 0.3) is 0 Å². The van der Waals surface area contributed by atoms with Crippen molar-refractivity contribution in [2.24, 2.45) is 0 Å². The third-order valence-electron chi connectivity index (χ3n) is 2.24. The molecule has 2 aromatic rings. The average molecular weight is 288 g/mol. The van der Waals surface area contributed by atoms with E-state index < -0.39 is 0 Å². The van der Waals surface area contributed by atoms with Crippen molar-refractivity contribution in [1.29, 1.82) is 0 Å². The molecule has 0 saturated heterocycles. The zero-order valence-electron chi connectivity index (χ0n) is 9.77. The fourth-order valence-electron chi connectivity index (χ4n) is 1.40. The van der Waals surface area contributed by atoms with Crippen LogP contribution in [0.1, 0.15) is 5.76 Å². The molecular formula is C13H15Cl2NO2. The Hall–Kier alpha value is -1.16. The molecule has 0 fully saturated rings. The lowest BCUT2D eigenvalue weighted by Gasteiger charge is -2.06. The van der Waals surface area contributed by atoms with Crippen LogP contribution in [0.15, 0.2) is 47.1 Å². The number of benzene rings is 1. The Kier molecular flexibility index (Phi) is 6.65. The summed E-state index contributed by atoms with van der Waals surface area (Å²) in [5.74, 6) is 1.76. The lowest BCUT2D eigenvalue weighted by atomic mass is 10.3. The van der Waals surface area contributed by atoms with Gasteiger partial charge in [-0.3, -0.25) is 0 Å². The summed E-state index contributed by atoms with van der Waals surface area (Å²) in [5, 5.41) is 3.94. The maximum absolute atomic E-state index is 5.77. The maximum atomic E-state index is 5.77. The topological polar surface area (TPSA) is 34.4 Å². The van der Waals surface area contributed by atoms with Gasteiger partial charge < -0.3 is 14.5 Å². The van der Waals surface area contributed by atoms with E-state index in [1.54, 1.807) is 6.26 Å². The number of rotatable bonds is 6. The Morgan fingerprint density at radius 2 is 1.94 bits per heavy atom. The van der Waals surface area contributed by atoms with Crippen molar-refractivity contribution >= 4 is 24.0 Å². The highest BCUT2D eigenvalue weighted by Gasteiger charge is 1.96. The number of hydrogen-bond donors (Lipinski definition) is 1. The smallest absolute Gasteiger partial charge is 0.119 e. The number of hydrogen-bond acceptors (Lipinski definition) is 3. The van der Waals surface area contributed by atoms with Gasteiger partial charge in [-0.15, -0.1) is 12.4 Å². The van der Waals surface area contributed by atoms with Gasteiger partial charge in [0.15, 0.2) is 0 Å². The van der Waals surface area contributed by atoms with Crippen LogP contribution in [0, 0.1) is 0 Å². The van der Waals surface area contributed by atoms with E-state index >= 15 is 0 Å². The summed E-state index contributed by atoms with van der Waals surface area (Å²) in [6, 6.07) is 11.2. The molecule has 1 aromatic carbocycles. The Morgan fingerprint density at radius 1 is 1.17 bits per heavy atom. The maximum Gasteiger partial charge on any atom is 0.119 e. The molecular weight excluding hydrogens is 273 g/mol. The highest BCUT2D eigenvalue weighted by atomic mass is 35.5. The SMILES string of the molecule is Cl.Clc1ccc(OCCNCc2ccco2)cc1. The Bertz CT molecular complexity index is 429. The Balaban J connectivity index is 0.00000162. The highest BCUT2D eigenvalue weighted by Crippen LogP contribution is 2.15. The molecule has 0 aliphatic carbocycles. The predicted molar refractivity (Wildman–Crippen MR) is 74.6 cm³/mol. The van der Waals surface area contributed by atoms with Crippen molar-refractivity contribution in [2.75, 3.05) is 13.2 Å². The zero-order chi connectivity index (χ0) is 11.9. The van der Waals surface area contributed by atoms with Gasteiger partial charge in [-0.05, 0) is 36.4 Å². The first kappa shape index (κ1) is 14.9. The van der Waals surface area contributed by atoms with E-state index in [0.29, 0.717) is 11.6 Å². The Morgan fingerprint density at radius 3 is 2.61 bits per heavy atom. The lowest BCUT2D eigenvalue weighted by molar-refractivity contribution is 0.311. The molecule has 0 atom stereocenters. The molecule has 18 heavy (non-hydrogen) atoms. The summed E-state index contributed by atoms with van der Waals surface area (Å²) >= 11 is 5.77. The van der Waals surface area contributed by atoms with Crippen molar-refractivity contribution < 1.29 is 9.15 Å². The molecule has 0 radical (unpaired) electrons. The first-order valence-electron chi connectivity index (χ1n) is 5.46. The Labute approximate surface area is 117 Å². The van der Waals surface area contributed by atoms with Crippen LogP contribution < -0.4 is 10.1 Å². The van der Waals surface area contributed by atoms with Crippen LogP contribution in [0.3, 0.4) is 0 Å². The van der Waals surface area contributed by atoms with Crippen molar-refractivity contribution in [1.82, 2.24) is 5.32 Å². The second kappa shape index (κ2) is 8.03. The minimum Gasteiger partial charge on any atom is -0.492 e. The molecule has 0 bridgehead atoms. The molecule has 0 unspecified atom stereocenters. The van der Waals surface area contributed by atoms with Gasteiger partial charge in [0.05, 0.1) is 12.8 Å². The zero-order valence-corrected chi connectivity index (χ0v) is 11.3. The van der Waals surface area contributed by atoms with Gasteiger partial charge in [-0.1, -0.05) is 11.6 Å². The predicted octanol–water partition coefficient (Wildman–Crippen LogP) is 3.52. The number of ether oxygens (including phenoxy) is 1. The molecule has 1 aromatic heterocycles. The van der Waals surface area contributed by atoms with E-state index in [2.05, 4.69) is 5.32 Å². The molecule has 0 aliphatic heterocycles. The van der Waals surface area contributed by atoms with Gasteiger partial charge in [0.1, 0.15) is 18.1 Å². The van der Waals surface area contributed by atoms with Crippen LogP contribution >= 0.6 is 24.0 Å². The molecule has 0 amide bonds. The van der Waals surface area contributed by atoms with E-state index in [1.807, 2.05) is 36.4 Å². The minimum atomic E-state index is 0. The quantitative estimate of drug-likeness (QED) is 0.826. The molecule has 5 heteroatoms. The second-order valence-electron chi connectivity index (χ2n) is 3.56. The summed E-state index contributed by atoms with van der Waals surface area (Å²) in [6.45, 7) is 2.10. The van der Waals surface area contributed by atoms with E-state index in [1.165, 1.54) is 0 Å². The van der Waals surface area contributed by atoms with E-state index in [0.717, 1.165) is 24.6 Å². The molecule has 0 saturated carbocycles. The van der Waals surface area contributed by atoms with E-state index in [9.17, 15) is 0 Å². The van der Waals surface area contributed by atoms with Gasteiger partial charge in [0.25, 0.3) is 0 Å². The normalized spacial score (nSPS) is 9.83. The van der Waals surface area contributed by atoms with Crippen molar-refractivity contribution in [3.8, 4) is 5.75 Å². The fraction of sp³-hybridized carbons (Fsp3) is 0.231. The van der Waals surface area contributed by atoms with Crippen molar-refractivity contribution in [3.05, 3.63) is 53.4 Å². The molecule has 0 aliphatic rings. The van der Waals surface area contributed by atoms with Gasteiger partial charge >= 0.3 is 0 Å². The standard InChI is InChI=1S/C13H14ClNO2.ClH/c14-11-3-5-12(6-4-11)17-9-7-15-10-13-2-1-8-16-13;/h1-6,8,15H,7,9-10H2;1H. The lowest BCUT2D eigenvalue weighted by Crippen LogP contribution is -2.20. The first-order valence-corrected chi connectivity index (χ1v) is 5.84. The largest absolute Gasteiger partial charge is 0.492 e. The van der Waals surface area contributed by atoms with Gasteiger partial charge in [0, 0.05) is 11.6 Å². The first-order chi connectivity index (χ1) is 8.34. The van der Waals surface area contributed by atoms with Gasteiger partial charge in [-0.25, -0.2) is 0 Å². The average Bonchev–Trinajstić information content (AvgIpc) is 2.84. The van der Waals surface area contributed by atoms with Crippen molar-refractivity contribution in [2.45, 2.75) is 6.54 Å². The van der Waals surface area contributed by atoms with Crippen LogP contribution in [-0.4, -0.2) is 13.2 Å². The van der Waals surface area contributed by atoms with Gasteiger partial charge in [0.2, 0.25) is 0 Å². The van der Waals surface area contributed by atoms with Crippen molar-refractivity contribution in [3.63, 3.8) is 0 Å². The summed E-state index contributed by atoms with van der Waals surface area (Å²) in [6.07, 6.45) is 1.67. The number of nitrogens with one attached hydrogen (secondary N) is 1. The molecule has 2 rings (SSSR count). The minimum absolute atomic E-state index is 0. The third-order valence-corrected chi connectivity index (χ3v) is 2.49. The molecule has 98 valence electrons. The van der Waals surface area contributed by atoms with Crippen LogP contribution in [0.4, 0.5) is 0 Å².